The largest absolute Gasteiger partial charge is 0.123 e. The Morgan fingerprint density at radius 3 is 2.00 bits per heavy atom. The van der Waals surface area contributed by atoms with Crippen LogP contribution in [0.15, 0.2) is 0 Å². The molecular weight excluding hydrogens is 172 g/mol. The molecule has 1 aliphatic rings. The molecule has 66 valence electrons. The van der Waals surface area contributed by atoms with E-state index in [4.69, 9.17) is 11.6 Å². The third-order valence-electron chi connectivity index (χ3n) is 2.79. The summed E-state index contributed by atoms with van der Waals surface area (Å²) in [6.07, 6.45) is 5.42. The van der Waals surface area contributed by atoms with Gasteiger partial charge in [0.05, 0.1) is 0 Å². The van der Waals surface area contributed by atoms with Gasteiger partial charge in [-0.2, -0.15) is 0 Å². The van der Waals surface area contributed by atoms with E-state index in [0.29, 0.717) is 5.38 Å². The van der Waals surface area contributed by atoms with Crippen LogP contribution in [0.4, 0.5) is 0 Å². The molecule has 0 N–H and O–H groups in total. The summed E-state index contributed by atoms with van der Waals surface area (Å²) in [5.74, 6) is 0. The van der Waals surface area contributed by atoms with Crippen molar-refractivity contribution in [3.8, 4) is 0 Å². The third-order valence-corrected chi connectivity index (χ3v) is 6.44. The zero-order valence-corrected chi connectivity index (χ0v) is 9.62. The molecule has 1 saturated carbocycles. The Morgan fingerprint density at radius 1 is 1.09 bits per heavy atom. The Hall–Kier alpha value is 0.507. The van der Waals surface area contributed by atoms with E-state index >= 15 is 0 Å². The zero-order chi connectivity index (χ0) is 8.48. The maximum Gasteiger partial charge on any atom is 0.0489 e. The van der Waals surface area contributed by atoms with E-state index in [1.807, 2.05) is 0 Å². The average molecular weight is 191 g/mol. The van der Waals surface area contributed by atoms with Crippen LogP contribution in [0.25, 0.3) is 0 Å². The average Bonchev–Trinajstić information content (AvgIpc) is 1.86. The molecule has 0 amide bonds. The van der Waals surface area contributed by atoms with Crippen molar-refractivity contribution < 1.29 is 0 Å². The molecule has 0 bridgehead atoms. The molecule has 0 aromatic carbocycles. The molecule has 0 heterocycles. The van der Waals surface area contributed by atoms with Crippen LogP contribution >= 0.6 is 11.6 Å². The van der Waals surface area contributed by atoms with Crippen LogP contribution in [0.5, 0.6) is 0 Å². The number of hydrogen-bond acceptors (Lipinski definition) is 0. The highest BCUT2D eigenvalue weighted by atomic mass is 35.5. The minimum atomic E-state index is -0.951. The predicted molar refractivity (Wildman–Crippen MR) is 55.2 cm³/mol. The number of hydrogen-bond donors (Lipinski definition) is 0. The van der Waals surface area contributed by atoms with Gasteiger partial charge in [-0.25, -0.2) is 0 Å². The number of rotatable bonds is 1. The van der Waals surface area contributed by atoms with Crippen LogP contribution < -0.4 is 0 Å². The lowest BCUT2D eigenvalue weighted by Gasteiger charge is -2.36. The Morgan fingerprint density at radius 2 is 1.64 bits per heavy atom. The van der Waals surface area contributed by atoms with Crippen LogP contribution in [0.1, 0.15) is 25.7 Å². The minimum Gasteiger partial charge on any atom is -0.123 e. The van der Waals surface area contributed by atoms with Crippen LogP contribution in [-0.4, -0.2) is 13.5 Å². The summed E-state index contributed by atoms with van der Waals surface area (Å²) in [6.45, 7) is 7.33. The molecule has 2 atom stereocenters. The first-order chi connectivity index (χ1) is 5.02. The first-order valence-corrected chi connectivity index (χ1v) is 8.67. The summed E-state index contributed by atoms with van der Waals surface area (Å²) < 4.78 is 0. The highest BCUT2D eigenvalue weighted by Crippen LogP contribution is 2.39. The molecule has 11 heavy (non-hydrogen) atoms. The summed E-state index contributed by atoms with van der Waals surface area (Å²) in [5.41, 5.74) is 0.873. The topological polar surface area (TPSA) is 0 Å². The van der Waals surface area contributed by atoms with Crippen LogP contribution in [0.3, 0.4) is 0 Å². The standard InChI is InChI=1S/C9H19ClSi/c1-11(2,3)9-7-5-4-6-8(9)10/h8-9H,4-7H2,1-3H3/t8-,9-/m1/s1. The molecule has 0 aliphatic heterocycles. The number of alkyl halides is 1. The normalized spacial score (nSPS) is 33.8. The lowest BCUT2D eigenvalue weighted by atomic mass is 9.99. The lowest BCUT2D eigenvalue weighted by Crippen LogP contribution is -2.35. The van der Waals surface area contributed by atoms with E-state index in [2.05, 4.69) is 19.6 Å². The molecule has 1 rings (SSSR count). The van der Waals surface area contributed by atoms with Gasteiger partial charge in [0.15, 0.2) is 0 Å². The number of halogens is 1. The van der Waals surface area contributed by atoms with Crippen LogP contribution in [0.2, 0.25) is 25.2 Å². The molecule has 0 radical (unpaired) electrons. The van der Waals surface area contributed by atoms with Gasteiger partial charge in [0.2, 0.25) is 0 Å². The van der Waals surface area contributed by atoms with Crippen LogP contribution in [-0.2, 0) is 0 Å². The molecule has 1 aliphatic carbocycles. The third kappa shape index (κ3) is 2.48. The molecule has 0 nitrogen and oxygen atoms in total. The van der Waals surface area contributed by atoms with Crippen molar-refractivity contribution in [2.24, 2.45) is 0 Å². The molecule has 0 aromatic rings. The fourth-order valence-electron chi connectivity index (χ4n) is 2.06. The van der Waals surface area contributed by atoms with Crippen molar-refractivity contribution >= 4 is 19.7 Å². The Kier molecular flexibility index (Phi) is 3.04. The summed E-state index contributed by atoms with van der Waals surface area (Å²) >= 11 is 6.30. The van der Waals surface area contributed by atoms with Gasteiger partial charge < -0.3 is 0 Å². The predicted octanol–water partition coefficient (Wildman–Crippen LogP) is 3.88. The van der Waals surface area contributed by atoms with Gasteiger partial charge in [-0.3, -0.25) is 0 Å². The molecule has 0 spiro atoms. The quantitative estimate of drug-likeness (QED) is 0.435. The Balaban J connectivity index is 2.55. The maximum atomic E-state index is 6.30. The minimum absolute atomic E-state index is 0.496. The van der Waals surface area contributed by atoms with Crippen molar-refractivity contribution in [3.05, 3.63) is 0 Å². The highest BCUT2D eigenvalue weighted by Gasteiger charge is 2.33. The van der Waals surface area contributed by atoms with E-state index in [9.17, 15) is 0 Å². The SMILES string of the molecule is C[Si](C)(C)[C@@H]1CCCC[C@H]1Cl. The summed E-state index contributed by atoms with van der Waals surface area (Å²) in [7, 11) is -0.951. The smallest absolute Gasteiger partial charge is 0.0489 e. The lowest BCUT2D eigenvalue weighted by molar-refractivity contribution is 0.499. The van der Waals surface area contributed by atoms with E-state index in [1.54, 1.807) is 0 Å². The van der Waals surface area contributed by atoms with Gasteiger partial charge in [0.25, 0.3) is 0 Å². The fourth-order valence-corrected chi connectivity index (χ4v) is 5.80. The summed E-state index contributed by atoms with van der Waals surface area (Å²) in [6, 6.07) is 0. The molecular formula is C9H19ClSi. The van der Waals surface area contributed by atoms with Crippen molar-refractivity contribution in [3.63, 3.8) is 0 Å². The van der Waals surface area contributed by atoms with E-state index in [-0.39, 0.29) is 0 Å². The first kappa shape index (κ1) is 9.59. The Bertz CT molecular complexity index is 128. The van der Waals surface area contributed by atoms with Gasteiger partial charge in [0.1, 0.15) is 0 Å². The molecule has 2 heteroatoms. The summed E-state index contributed by atoms with van der Waals surface area (Å²) in [5, 5.41) is 0.496. The fraction of sp³-hybridized carbons (Fsp3) is 1.00. The second-order valence-corrected chi connectivity index (χ2v) is 10.8. The van der Waals surface area contributed by atoms with Crippen molar-refractivity contribution in [2.75, 3.05) is 0 Å². The molecule has 0 saturated heterocycles. The molecule has 0 aromatic heterocycles. The van der Waals surface area contributed by atoms with Crippen LogP contribution in [0, 0.1) is 0 Å². The molecule has 1 fully saturated rings. The van der Waals surface area contributed by atoms with Crippen molar-refractivity contribution in [2.45, 2.75) is 56.2 Å². The van der Waals surface area contributed by atoms with Gasteiger partial charge in [0, 0.05) is 13.5 Å². The second-order valence-electron chi connectivity index (χ2n) is 4.77. The second kappa shape index (κ2) is 3.49. The van der Waals surface area contributed by atoms with E-state index in [0.717, 1.165) is 5.54 Å². The van der Waals surface area contributed by atoms with Crippen molar-refractivity contribution in [1.29, 1.82) is 0 Å². The van der Waals surface area contributed by atoms with E-state index < -0.39 is 8.07 Å². The van der Waals surface area contributed by atoms with Gasteiger partial charge >= 0.3 is 0 Å². The van der Waals surface area contributed by atoms with Crippen molar-refractivity contribution in [1.82, 2.24) is 0 Å². The summed E-state index contributed by atoms with van der Waals surface area (Å²) in [4.78, 5) is 0. The zero-order valence-electron chi connectivity index (χ0n) is 7.86. The van der Waals surface area contributed by atoms with Gasteiger partial charge in [-0.05, 0) is 12.0 Å². The first-order valence-electron chi connectivity index (χ1n) is 4.66. The van der Waals surface area contributed by atoms with Gasteiger partial charge in [-0.15, -0.1) is 11.6 Å². The highest BCUT2D eigenvalue weighted by molar-refractivity contribution is 6.78. The monoisotopic (exact) mass is 190 g/mol. The van der Waals surface area contributed by atoms with Gasteiger partial charge in [-0.1, -0.05) is 38.9 Å². The van der Waals surface area contributed by atoms with E-state index in [1.165, 1.54) is 25.7 Å². The Labute approximate surface area is 76.3 Å². The maximum absolute atomic E-state index is 6.30. The molecule has 0 unspecified atom stereocenters.